The van der Waals surface area contributed by atoms with Crippen molar-refractivity contribution in [3.8, 4) is 0 Å². The number of hydrogen-bond donors (Lipinski definition) is 1. The lowest BCUT2D eigenvalue weighted by molar-refractivity contribution is -0.0413. The molecule has 0 bridgehead atoms. The van der Waals surface area contributed by atoms with Crippen LogP contribution < -0.4 is 5.73 Å². The first-order valence-electron chi connectivity index (χ1n) is 6.01. The maximum Gasteiger partial charge on any atom is 0.0831 e. The Hall–Kier alpha value is -0.0800. The van der Waals surface area contributed by atoms with Crippen LogP contribution in [-0.2, 0) is 4.74 Å². The van der Waals surface area contributed by atoms with Gasteiger partial charge in [-0.25, -0.2) is 0 Å². The third-order valence-corrected chi connectivity index (χ3v) is 4.02. The highest BCUT2D eigenvalue weighted by molar-refractivity contribution is 4.97. The van der Waals surface area contributed by atoms with Gasteiger partial charge in [0.2, 0.25) is 0 Å². The number of rotatable bonds is 5. The predicted molar refractivity (Wildman–Crippen MR) is 60.3 cm³/mol. The molecule has 0 spiro atoms. The van der Waals surface area contributed by atoms with Gasteiger partial charge in [-0.05, 0) is 18.8 Å². The maximum atomic E-state index is 6.36. The lowest BCUT2D eigenvalue weighted by Gasteiger charge is -2.38. The molecule has 0 amide bonds. The van der Waals surface area contributed by atoms with Gasteiger partial charge in [-0.3, -0.25) is 0 Å². The molecule has 1 aliphatic rings. The fourth-order valence-electron chi connectivity index (χ4n) is 2.87. The van der Waals surface area contributed by atoms with Gasteiger partial charge in [-0.15, -0.1) is 0 Å². The largest absolute Gasteiger partial charge is 0.377 e. The summed E-state index contributed by atoms with van der Waals surface area (Å²) in [4.78, 5) is 0. The molecule has 1 unspecified atom stereocenters. The van der Waals surface area contributed by atoms with E-state index in [2.05, 4.69) is 13.8 Å². The lowest BCUT2D eigenvalue weighted by atomic mass is 9.81. The SMILES string of the molecule is CCC(CC)C(N)C1(OC)CCCC1. The van der Waals surface area contributed by atoms with Crippen molar-refractivity contribution in [3.05, 3.63) is 0 Å². The van der Waals surface area contributed by atoms with Gasteiger partial charge >= 0.3 is 0 Å². The summed E-state index contributed by atoms with van der Waals surface area (Å²) in [6, 6.07) is 0.227. The number of methoxy groups -OCH3 is 1. The van der Waals surface area contributed by atoms with Crippen molar-refractivity contribution in [2.45, 2.75) is 64.0 Å². The Kier molecular flexibility index (Phi) is 4.39. The van der Waals surface area contributed by atoms with E-state index < -0.39 is 0 Å². The van der Waals surface area contributed by atoms with Crippen LogP contribution in [0.3, 0.4) is 0 Å². The Balaban J connectivity index is 2.67. The van der Waals surface area contributed by atoms with Crippen molar-refractivity contribution in [2.75, 3.05) is 7.11 Å². The summed E-state index contributed by atoms with van der Waals surface area (Å²) in [5, 5.41) is 0. The summed E-state index contributed by atoms with van der Waals surface area (Å²) < 4.78 is 5.72. The second-order valence-corrected chi connectivity index (χ2v) is 4.58. The zero-order valence-corrected chi connectivity index (χ0v) is 9.88. The third kappa shape index (κ3) is 2.12. The summed E-state index contributed by atoms with van der Waals surface area (Å²) in [5.74, 6) is 0.619. The predicted octanol–water partition coefficient (Wildman–Crippen LogP) is 2.71. The topological polar surface area (TPSA) is 35.2 Å². The van der Waals surface area contributed by atoms with Crippen molar-refractivity contribution in [1.29, 1.82) is 0 Å². The molecule has 1 rings (SSSR count). The van der Waals surface area contributed by atoms with E-state index in [4.69, 9.17) is 10.5 Å². The van der Waals surface area contributed by atoms with Crippen LogP contribution in [0.25, 0.3) is 0 Å². The fraction of sp³-hybridized carbons (Fsp3) is 1.00. The van der Waals surface area contributed by atoms with Crippen LogP contribution in [0.5, 0.6) is 0 Å². The molecule has 0 radical (unpaired) electrons. The summed E-state index contributed by atoms with van der Waals surface area (Å²) in [6.45, 7) is 4.46. The Morgan fingerprint density at radius 3 is 2.07 bits per heavy atom. The minimum absolute atomic E-state index is 0.00329. The summed E-state index contributed by atoms with van der Waals surface area (Å²) in [5.41, 5.74) is 6.36. The van der Waals surface area contributed by atoms with Crippen molar-refractivity contribution in [2.24, 2.45) is 11.7 Å². The summed E-state index contributed by atoms with van der Waals surface area (Å²) in [6.07, 6.45) is 7.21. The van der Waals surface area contributed by atoms with Crippen LogP contribution in [0, 0.1) is 5.92 Å². The van der Waals surface area contributed by atoms with Crippen LogP contribution in [-0.4, -0.2) is 18.8 Å². The van der Waals surface area contributed by atoms with E-state index in [-0.39, 0.29) is 11.6 Å². The van der Waals surface area contributed by atoms with Crippen LogP contribution >= 0.6 is 0 Å². The second kappa shape index (κ2) is 5.13. The first kappa shape index (κ1) is 12.0. The van der Waals surface area contributed by atoms with Crippen LogP contribution in [0.4, 0.5) is 0 Å². The molecule has 0 aromatic carbocycles. The Labute approximate surface area is 88.2 Å². The van der Waals surface area contributed by atoms with E-state index in [9.17, 15) is 0 Å². The van der Waals surface area contributed by atoms with Crippen molar-refractivity contribution in [1.82, 2.24) is 0 Å². The van der Waals surface area contributed by atoms with E-state index in [1.165, 1.54) is 25.7 Å². The third-order valence-electron chi connectivity index (χ3n) is 4.02. The van der Waals surface area contributed by atoms with E-state index >= 15 is 0 Å². The molecule has 0 aromatic heterocycles. The van der Waals surface area contributed by atoms with E-state index in [1.54, 1.807) is 0 Å². The smallest absolute Gasteiger partial charge is 0.0831 e. The molecule has 1 atom stereocenters. The highest BCUT2D eigenvalue weighted by atomic mass is 16.5. The van der Waals surface area contributed by atoms with Crippen molar-refractivity contribution >= 4 is 0 Å². The molecular formula is C12H25NO. The first-order valence-corrected chi connectivity index (χ1v) is 6.01. The second-order valence-electron chi connectivity index (χ2n) is 4.58. The molecule has 0 aromatic rings. The van der Waals surface area contributed by atoms with Gasteiger partial charge in [-0.2, -0.15) is 0 Å². The number of hydrogen-bond acceptors (Lipinski definition) is 2. The van der Waals surface area contributed by atoms with Crippen LogP contribution in [0.15, 0.2) is 0 Å². The van der Waals surface area contributed by atoms with Crippen LogP contribution in [0.1, 0.15) is 52.4 Å². The van der Waals surface area contributed by atoms with Gasteiger partial charge in [0, 0.05) is 13.2 Å². The molecule has 14 heavy (non-hydrogen) atoms. The maximum absolute atomic E-state index is 6.36. The van der Waals surface area contributed by atoms with Gasteiger partial charge in [-0.1, -0.05) is 39.5 Å². The molecule has 2 N–H and O–H groups in total. The average Bonchev–Trinajstić information content (AvgIpc) is 2.69. The Morgan fingerprint density at radius 1 is 1.21 bits per heavy atom. The zero-order valence-electron chi connectivity index (χ0n) is 9.88. The molecule has 84 valence electrons. The minimum atomic E-state index is -0.00329. The Bertz CT molecular complexity index is 160. The van der Waals surface area contributed by atoms with Crippen molar-refractivity contribution < 1.29 is 4.74 Å². The minimum Gasteiger partial charge on any atom is -0.377 e. The highest BCUT2D eigenvalue weighted by Gasteiger charge is 2.42. The summed E-state index contributed by atoms with van der Waals surface area (Å²) in [7, 11) is 1.83. The molecule has 1 fully saturated rings. The van der Waals surface area contributed by atoms with Gasteiger partial charge in [0.15, 0.2) is 0 Å². The van der Waals surface area contributed by atoms with Gasteiger partial charge in [0.05, 0.1) is 5.60 Å². The van der Waals surface area contributed by atoms with Gasteiger partial charge in [0.25, 0.3) is 0 Å². The lowest BCUT2D eigenvalue weighted by Crippen LogP contribution is -2.51. The van der Waals surface area contributed by atoms with Crippen LogP contribution in [0.2, 0.25) is 0 Å². The fourth-order valence-corrected chi connectivity index (χ4v) is 2.87. The standard InChI is InChI=1S/C12H25NO/c1-4-10(5-2)11(13)12(14-3)8-6-7-9-12/h10-11H,4-9,13H2,1-3H3. The molecule has 1 aliphatic carbocycles. The molecule has 2 nitrogen and oxygen atoms in total. The van der Waals surface area contributed by atoms with E-state index in [0.29, 0.717) is 5.92 Å². The zero-order chi connectivity index (χ0) is 10.6. The summed E-state index contributed by atoms with van der Waals surface area (Å²) >= 11 is 0. The van der Waals surface area contributed by atoms with Crippen molar-refractivity contribution in [3.63, 3.8) is 0 Å². The highest BCUT2D eigenvalue weighted by Crippen LogP contribution is 2.38. The molecule has 2 heteroatoms. The van der Waals surface area contributed by atoms with E-state index in [1.807, 2.05) is 7.11 Å². The van der Waals surface area contributed by atoms with Gasteiger partial charge < -0.3 is 10.5 Å². The van der Waals surface area contributed by atoms with E-state index in [0.717, 1.165) is 12.8 Å². The quantitative estimate of drug-likeness (QED) is 0.739. The van der Waals surface area contributed by atoms with Gasteiger partial charge in [0.1, 0.15) is 0 Å². The first-order chi connectivity index (χ1) is 6.70. The number of nitrogens with two attached hydrogens (primary N) is 1. The molecule has 0 heterocycles. The normalized spacial score (nSPS) is 22.9. The molecule has 0 saturated heterocycles. The molecule has 1 saturated carbocycles. The Morgan fingerprint density at radius 2 is 1.71 bits per heavy atom. The number of ether oxygens (including phenoxy) is 1. The average molecular weight is 199 g/mol. The monoisotopic (exact) mass is 199 g/mol. The molecule has 0 aliphatic heterocycles. The molecular weight excluding hydrogens is 174 g/mol.